The average Bonchev–Trinajstić information content (AvgIpc) is 3.04. The number of benzene rings is 1. The zero-order valence-corrected chi connectivity index (χ0v) is 14.2. The first-order chi connectivity index (χ1) is 11.8. The molecule has 0 bridgehead atoms. The molecule has 0 unspecified atom stereocenters. The van der Waals surface area contributed by atoms with E-state index in [0.29, 0.717) is 16.0 Å². The Balaban J connectivity index is 2.09. The number of hydrogen-bond acceptors (Lipinski definition) is 7. The van der Waals surface area contributed by atoms with Gasteiger partial charge in [-0.05, 0) is 12.1 Å². The minimum atomic E-state index is -0.828. The number of rotatable bonds is 3. The fourth-order valence-electron chi connectivity index (χ4n) is 2.22. The van der Waals surface area contributed by atoms with E-state index in [1.165, 1.54) is 6.07 Å². The van der Waals surface area contributed by atoms with Crippen LogP contribution in [0.1, 0.15) is 5.69 Å². The maximum Gasteiger partial charge on any atom is 0.315 e. The molecule has 9 nitrogen and oxygen atoms in total. The number of phenols is 2. The van der Waals surface area contributed by atoms with Gasteiger partial charge in [-0.15, -0.1) is 0 Å². The second kappa shape index (κ2) is 6.06. The van der Waals surface area contributed by atoms with Crippen LogP contribution in [0.3, 0.4) is 0 Å². The van der Waals surface area contributed by atoms with Gasteiger partial charge in [0.2, 0.25) is 5.75 Å². The Morgan fingerprint density at radius 1 is 1.28 bits per heavy atom. The van der Waals surface area contributed by atoms with Gasteiger partial charge in [-0.1, -0.05) is 5.16 Å². The van der Waals surface area contributed by atoms with Gasteiger partial charge in [0.25, 0.3) is 4.60 Å². The van der Waals surface area contributed by atoms with Gasteiger partial charge in [0.05, 0.1) is 4.92 Å². The highest BCUT2D eigenvalue weighted by molar-refractivity contribution is 9.10. The molecule has 0 radical (unpaired) electrons. The maximum atomic E-state index is 11.9. The Labute approximate surface area is 148 Å². The third-order valence-corrected chi connectivity index (χ3v) is 4.30. The molecule has 0 spiro atoms. The third kappa shape index (κ3) is 2.87. The molecule has 128 valence electrons. The fourth-order valence-corrected chi connectivity index (χ4v) is 2.83. The lowest BCUT2D eigenvalue weighted by atomic mass is 10.1. The predicted molar refractivity (Wildman–Crippen MR) is 88.8 cm³/mol. The number of aromatic nitrogens is 2. The Morgan fingerprint density at radius 2 is 2.00 bits per heavy atom. The van der Waals surface area contributed by atoms with Crippen molar-refractivity contribution in [2.75, 3.05) is 0 Å². The van der Waals surface area contributed by atoms with Gasteiger partial charge in [-0.2, -0.15) is 4.73 Å². The molecule has 0 fully saturated rings. The quantitative estimate of drug-likeness (QED) is 0.170. The Morgan fingerprint density at radius 3 is 2.68 bits per heavy atom. The zero-order valence-electron chi connectivity index (χ0n) is 12.6. The highest BCUT2D eigenvalue weighted by Gasteiger charge is 2.22. The summed E-state index contributed by atoms with van der Waals surface area (Å²) in [4.78, 5) is 10.1. The van der Waals surface area contributed by atoms with Crippen molar-refractivity contribution >= 4 is 21.6 Å². The number of nitro benzene ring substituents is 1. The topological polar surface area (TPSA) is 137 Å². The number of aromatic hydroxyl groups is 2. The number of pyridine rings is 1. The third-order valence-electron chi connectivity index (χ3n) is 3.55. The Bertz CT molecular complexity index is 1000. The summed E-state index contributed by atoms with van der Waals surface area (Å²) in [5.74, 6) is -1.23. The number of halogens is 1. The van der Waals surface area contributed by atoms with Crippen LogP contribution >= 0.6 is 15.9 Å². The van der Waals surface area contributed by atoms with Crippen molar-refractivity contribution in [2.24, 2.45) is 0 Å². The number of nitro groups is 1. The molecule has 2 heterocycles. The number of nitrogens with zero attached hydrogens (tertiary/aromatic N) is 3. The van der Waals surface area contributed by atoms with Crippen LogP contribution < -0.4 is 4.73 Å². The van der Waals surface area contributed by atoms with Crippen LogP contribution in [-0.2, 0) is 0 Å². The van der Waals surface area contributed by atoms with E-state index in [-0.39, 0.29) is 21.6 Å². The lowest BCUT2D eigenvalue weighted by molar-refractivity contribution is -0.623. The van der Waals surface area contributed by atoms with E-state index in [9.17, 15) is 25.5 Å². The second-order valence-electron chi connectivity index (χ2n) is 5.17. The summed E-state index contributed by atoms with van der Waals surface area (Å²) < 4.78 is 6.11. The molecule has 0 saturated carbocycles. The zero-order chi connectivity index (χ0) is 18.3. The molecule has 2 N–H and O–H groups in total. The fraction of sp³-hybridized carbons (Fsp3) is 0.0667. The number of phenolic OH excluding ortho intramolecular Hbond substituents is 2. The van der Waals surface area contributed by atoms with Crippen LogP contribution in [-0.4, -0.2) is 20.3 Å². The minimum absolute atomic E-state index is 0.176. The van der Waals surface area contributed by atoms with Crippen LogP contribution in [0.25, 0.3) is 22.6 Å². The van der Waals surface area contributed by atoms with Crippen molar-refractivity contribution in [3.05, 3.63) is 56.0 Å². The van der Waals surface area contributed by atoms with Gasteiger partial charge in [0.1, 0.15) is 11.3 Å². The van der Waals surface area contributed by atoms with Crippen molar-refractivity contribution in [3.8, 4) is 34.1 Å². The standard InChI is InChI=1S/C15H10BrN3O6/c1-7-2-3-9(15(16)18(7)22)13-6-10(17-25-13)8-4-11(19(23)24)14(21)12(20)5-8/h2-6,20-21H,1H3. The largest absolute Gasteiger partial charge is 0.618 e. The van der Waals surface area contributed by atoms with Gasteiger partial charge in [0.15, 0.2) is 17.2 Å². The van der Waals surface area contributed by atoms with E-state index in [1.54, 1.807) is 19.1 Å². The first-order valence-electron chi connectivity index (χ1n) is 6.86. The molecule has 0 saturated heterocycles. The van der Waals surface area contributed by atoms with Crippen LogP contribution in [0.2, 0.25) is 0 Å². The van der Waals surface area contributed by atoms with E-state index in [0.717, 1.165) is 12.1 Å². The lowest BCUT2D eigenvalue weighted by Crippen LogP contribution is -2.31. The second-order valence-corrected chi connectivity index (χ2v) is 5.92. The molecule has 0 aliphatic carbocycles. The number of hydrogen-bond donors (Lipinski definition) is 2. The van der Waals surface area contributed by atoms with E-state index >= 15 is 0 Å². The molecule has 3 rings (SSSR count). The summed E-state index contributed by atoms with van der Waals surface area (Å²) >= 11 is 3.19. The van der Waals surface area contributed by atoms with Gasteiger partial charge >= 0.3 is 5.69 Å². The molecular weight excluding hydrogens is 398 g/mol. The van der Waals surface area contributed by atoms with Crippen LogP contribution in [0, 0.1) is 22.2 Å². The molecule has 0 aliphatic rings. The molecule has 25 heavy (non-hydrogen) atoms. The monoisotopic (exact) mass is 407 g/mol. The smallest absolute Gasteiger partial charge is 0.315 e. The van der Waals surface area contributed by atoms with Gasteiger partial charge in [-0.3, -0.25) is 10.1 Å². The Kier molecular flexibility index (Phi) is 4.05. The molecule has 0 aliphatic heterocycles. The van der Waals surface area contributed by atoms with Crippen LogP contribution in [0.4, 0.5) is 5.69 Å². The summed E-state index contributed by atoms with van der Waals surface area (Å²) in [5.41, 5.74) is 0.633. The molecule has 2 aromatic heterocycles. The maximum absolute atomic E-state index is 11.9. The van der Waals surface area contributed by atoms with Crippen molar-refractivity contribution in [1.29, 1.82) is 0 Å². The number of aryl methyl sites for hydroxylation is 1. The lowest BCUT2D eigenvalue weighted by Gasteiger charge is -2.04. The minimum Gasteiger partial charge on any atom is -0.618 e. The van der Waals surface area contributed by atoms with Crippen LogP contribution in [0.15, 0.2) is 39.5 Å². The van der Waals surface area contributed by atoms with E-state index < -0.39 is 22.1 Å². The van der Waals surface area contributed by atoms with Crippen molar-refractivity contribution in [2.45, 2.75) is 6.92 Å². The SMILES string of the molecule is Cc1ccc(-c2cc(-c3cc(O)c(O)c([N+](=O)[O-])c3)no2)c(Br)[n+]1[O-]. The van der Waals surface area contributed by atoms with Crippen molar-refractivity contribution in [1.82, 2.24) is 5.16 Å². The van der Waals surface area contributed by atoms with E-state index in [4.69, 9.17) is 4.52 Å². The van der Waals surface area contributed by atoms with E-state index in [2.05, 4.69) is 21.1 Å². The summed E-state index contributed by atoms with van der Waals surface area (Å²) in [6, 6.07) is 6.92. The highest BCUT2D eigenvalue weighted by atomic mass is 79.9. The van der Waals surface area contributed by atoms with Gasteiger partial charge < -0.3 is 19.9 Å². The Hall–Kier alpha value is -3.14. The molecule has 0 atom stereocenters. The van der Waals surface area contributed by atoms with Gasteiger partial charge in [0, 0.05) is 46.6 Å². The summed E-state index contributed by atoms with van der Waals surface area (Å²) in [6.07, 6.45) is 0. The summed E-state index contributed by atoms with van der Waals surface area (Å²) in [7, 11) is 0. The van der Waals surface area contributed by atoms with Gasteiger partial charge in [-0.25, -0.2) is 0 Å². The first kappa shape index (κ1) is 16.7. The summed E-state index contributed by atoms with van der Waals surface area (Å²) in [5, 5.41) is 45.9. The van der Waals surface area contributed by atoms with Crippen molar-refractivity contribution < 1.29 is 24.4 Å². The molecule has 0 amide bonds. The average molecular weight is 408 g/mol. The first-order valence-corrected chi connectivity index (χ1v) is 7.65. The van der Waals surface area contributed by atoms with Crippen LogP contribution in [0.5, 0.6) is 11.5 Å². The molecule has 10 heteroatoms. The molecule has 3 aromatic rings. The molecular formula is C15H10BrN3O6. The van der Waals surface area contributed by atoms with Crippen molar-refractivity contribution in [3.63, 3.8) is 0 Å². The summed E-state index contributed by atoms with van der Waals surface area (Å²) in [6.45, 7) is 1.64. The highest BCUT2D eigenvalue weighted by Crippen LogP contribution is 2.40. The van der Waals surface area contributed by atoms with E-state index in [1.807, 2.05) is 0 Å². The predicted octanol–water partition coefficient (Wildman–Crippen LogP) is 3.03. The normalized spacial score (nSPS) is 10.8. The molecule has 1 aromatic carbocycles.